The van der Waals surface area contributed by atoms with E-state index >= 15 is 0 Å². The fourth-order valence-corrected chi connectivity index (χ4v) is 0.282. The minimum Gasteiger partial charge on any atom is -0.387 e. The van der Waals surface area contributed by atoms with Gasteiger partial charge >= 0.3 is 6.03 Å². The van der Waals surface area contributed by atoms with Gasteiger partial charge in [0, 0.05) is 0 Å². The predicted octanol–water partition coefficient (Wildman–Crippen LogP) is -2.25. The zero-order valence-corrected chi connectivity index (χ0v) is 5.13. The average Bonchev–Trinajstić information content (AvgIpc) is 1.88. The first-order valence-electron chi connectivity index (χ1n) is 2.50. The molecule has 0 bridgehead atoms. The van der Waals surface area contributed by atoms with Crippen molar-refractivity contribution >= 4 is 11.9 Å². The van der Waals surface area contributed by atoms with Crippen LogP contribution < -0.4 is 10.6 Å². The molecule has 3 amide bonds. The van der Waals surface area contributed by atoms with E-state index < -0.39 is 25.3 Å². The van der Waals surface area contributed by atoms with Crippen LogP contribution in [0.25, 0.3) is 0 Å². The molecule has 0 aromatic carbocycles. The molecule has 0 aromatic rings. The van der Waals surface area contributed by atoms with E-state index in [0.717, 1.165) is 0 Å². The minimum absolute atomic E-state index is 0.551. The Morgan fingerprint density at radius 2 is 1.90 bits per heavy atom. The Balaban J connectivity index is 3.47. The van der Waals surface area contributed by atoms with Crippen LogP contribution in [0.4, 0.5) is 4.79 Å². The van der Waals surface area contributed by atoms with Crippen molar-refractivity contribution in [1.29, 1.82) is 0 Å². The molecule has 0 saturated carbocycles. The summed E-state index contributed by atoms with van der Waals surface area (Å²) in [6.07, 6.45) is 0. The van der Waals surface area contributed by atoms with Crippen LogP contribution in [0.15, 0.2) is 0 Å². The molecule has 0 atom stereocenters. The van der Waals surface area contributed by atoms with Gasteiger partial charge in [-0.25, -0.2) is 4.79 Å². The van der Waals surface area contributed by atoms with E-state index in [1.165, 1.54) is 0 Å². The lowest BCUT2D eigenvalue weighted by Gasteiger charge is -2.00. The lowest BCUT2D eigenvalue weighted by atomic mass is 10.6. The number of urea groups is 1. The summed E-state index contributed by atoms with van der Waals surface area (Å²) in [5.74, 6) is -0.814. The van der Waals surface area contributed by atoms with Crippen molar-refractivity contribution in [1.82, 2.24) is 10.6 Å². The molecule has 0 rings (SSSR count). The molecule has 6 nitrogen and oxygen atoms in total. The first kappa shape index (κ1) is 8.86. The van der Waals surface area contributed by atoms with Crippen molar-refractivity contribution in [3.05, 3.63) is 0 Å². The van der Waals surface area contributed by atoms with Crippen LogP contribution in [0.2, 0.25) is 0 Å². The molecule has 0 aliphatic heterocycles. The van der Waals surface area contributed by atoms with E-state index in [0.29, 0.717) is 0 Å². The second-order valence-electron chi connectivity index (χ2n) is 1.37. The summed E-state index contributed by atoms with van der Waals surface area (Å²) in [5, 5.41) is 19.8. The molecule has 0 saturated heterocycles. The van der Waals surface area contributed by atoms with Crippen molar-refractivity contribution < 1.29 is 19.8 Å². The number of rotatable bonds is 2. The summed E-state index contributed by atoms with van der Waals surface area (Å²) < 4.78 is 0. The number of carbonyl (C=O) groups excluding carboxylic acids is 2. The maximum absolute atomic E-state index is 10.3. The summed E-state index contributed by atoms with van der Waals surface area (Å²) in [4.78, 5) is 20.5. The van der Waals surface area contributed by atoms with E-state index in [-0.39, 0.29) is 0 Å². The van der Waals surface area contributed by atoms with Gasteiger partial charge in [-0.3, -0.25) is 10.1 Å². The molecule has 0 unspecified atom stereocenters. The number of aliphatic hydroxyl groups excluding tert-OH is 2. The molecule has 4 N–H and O–H groups in total. The highest BCUT2D eigenvalue weighted by atomic mass is 16.3. The maximum Gasteiger partial charge on any atom is 0.323 e. The standard InChI is InChI=1S/C4H8N2O4/c7-1-3(9)6-4(10)5-2-8/h7-8H,1-2H2,(H2,5,6,9,10). The number of nitrogens with one attached hydrogen (secondary N) is 2. The zero-order chi connectivity index (χ0) is 7.98. The van der Waals surface area contributed by atoms with Crippen LogP contribution in [0.1, 0.15) is 0 Å². The summed E-state index contributed by atoms with van der Waals surface area (Å²) in [5.41, 5.74) is 0. The topological polar surface area (TPSA) is 98.7 Å². The van der Waals surface area contributed by atoms with E-state index in [1.807, 2.05) is 5.32 Å². The van der Waals surface area contributed by atoms with Crippen molar-refractivity contribution in [3.63, 3.8) is 0 Å². The van der Waals surface area contributed by atoms with Crippen molar-refractivity contribution in [3.8, 4) is 0 Å². The average molecular weight is 148 g/mol. The fourth-order valence-electron chi connectivity index (χ4n) is 0.282. The second-order valence-corrected chi connectivity index (χ2v) is 1.37. The molecule has 6 heteroatoms. The zero-order valence-electron chi connectivity index (χ0n) is 5.13. The Morgan fingerprint density at radius 1 is 1.30 bits per heavy atom. The molecule has 58 valence electrons. The predicted molar refractivity (Wildman–Crippen MR) is 30.8 cm³/mol. The monoisotopic (exact) mass is 148 g/mol. The molecule has 0 heterocycles. The summed E-state index contributed by atoms with van der Waals surface area (Å²) in [6, 6.07) is -0.832. The van der Waals surface area contributed by atoms with Crippen molar-refractivity contribution in [2.45, 2.75) is 0 Å². The fraction of sp³-hybridized carbons (Fsp3) is 0.500. The quantitative estimate of drug-likeness (QED) is 0.332. The Labute approximate surface area is 56.8 Å². The van der Waals surface area contributed by atoms with Gasteiger partial charge < -0.3 is 15.5 Å². The summed E-state index contributed by atoms with van der Waals surface area (Å²) in [6.45, 7) is -1.30. The Bertz CT molecular complexity index is 135. The van der Waals surface area contributed by atoms with Gasteiger partial charge in [-0.15, -0.1) is 0 Å². The van der Waals surface area contributed by atoms with Gasteiger partial charge in [-0.2, -0.15) is 0 Å². The van der Waals surface area contributed by atoms with Crippen LogP contribution >= 0.6 is 0 Å². The lowest BCUT2D eigenvalue weighted by Crippen LogP contribution is -2.40. The Kier molecular flexibility index (Phi) is 4.17. The SMILES string of the molecule is O=C(CO)NC(=O)NCO. The van der Waals surface area contributed by atoms with Crippen molar-refractivity contribution in [2.75, 3.05) is 13.3 Å². The van der Waals surface area contributed by atoms with Gasteiger partial charge in [0.25, 0.3) is 5.91 Å². The smallest absolute Gasteiger partial charge is 0.323 e. The third kappa shape index (κ3) is 3.81. The lowest BCUT2D eigenvalue weighted by molar-refractivity contribution is -0.122. The van der Waals surface area contributed by atoms with E-state index in [2.05, 4.69) is 0 Å². The van der Waals surface area contributed by atoms with Crippen LogP contribution in [0, 0.1) is 0 Å². The molecule has 0 spiro atoms. The van der Waals surface area contributed by atoms with E-state index in [4.69, 9.17) is 10.2 Å². The third-order valence-corrected chi connectivity index (χ3v) is 0.636. The maximum atomic E-state index is 10.3. The number of amides is 3. The highest BCUT2D eigenvalue weighted by molar-refractivity contribution is 5.94. The first-order chi connectivity index (χ1) is 4.70. The summed E-state index contributed by atoms with van der Waals surface area (Å²) >= 11 is 0. The van der Waals surface area contributed by atoms with E-state index in [9.17, 15) is 9.59 Å². The molecule has 10 heavy (non-hydrogen) atoms. The third-order valence-electron chi connectivity index (χ3n) is 0.636. The molecular weight excluding hydrogens is 140 g/mol. The number of aliphatic hydroxyl groups is 2. The summed E-state index contributed by atoms with van der Waals surface area (Å²) in [7, 11) is 0. The Morgan fingerprint density at radius 3 is 2.30 bits per heavy atom. The number of carbonyl (C=O) groups is 2. The largest absolute Gasteiger partial charge is 0.387 e. The van der Waals surface area contributed by atoms with Crippen molar-refractivity contribution in [2.24, 2.45) is 0 Å². The van der Waals surface area contributed by atoms with Gasteiger partial charge in [0.1, 0.15) is 13.3 Å². The molecule has 0 fully saturated rings. The van der Waals surface area contributed by atoms with Crippen LogP contribution in [-0.2, 0) is 4.79 Å². The van der Waals surface area contributed by atoms with Gasteiger partial charge in [-0.05, 0) is 0 Å². The van der Waals surface area contributed by atoms with Gasteiger partial charge in [0.2, 0.25) is 0 Å². The van der Waals surface area contributed by atoms with Crippen LogP contribution in [0.3, 0.4) is 0 Å². The first-order valence-corrected chi connectivity index (χ1v) is 2.50. The van der Waals surface area contributed by atoms with Gasteiger partial charge in [0.15, 0.2) is 0 Å². The highest BCUT2D eigenvalue weighted by Gasteiger charge is 2.02. The molecule has 0 aromatic heterocycles. The number of hydrogen-bond acceptors (Lipinski definition) is 4. The molecule has 0 aliphatic rings. The molecule has 0 aliphatic carbocycles. The molecular formula is C4H8N2O4. The number of hydrogen-bond donors (Lipinski definition) is 4. The second kappa shape index (κ2) is 4.71. The normalized spacial score (nSPS) is 8.60. The highest BCUT2D eigenvalue weighted by Crippen LogP contribution is 1.64. The van der Waals surface area contributed by atoms with Crippen LogP contribution in [-0.4, -0.2) is 35.5 Å². The molecule has 0 radical (unpaired) electrons. The van der Waals surface area contributed by atoms with Crippen LogP contribution in [0.5, 0.6) is 0 Å². The Hall–Kier alpha value is -1.14. The minimum atomic E-state index is -0.832. The number of imide groups is 1. The van der Waals surface area contributed by atoms with Gasteiger partial charge in [0.05, 0.1) is 0 Å². The van der Waals surface area contributed by atoms with Gasteiger partial charge in [-0.1, -0.05) is 0 Å². The van der Waals surface area contributed by atoms with E-state index in [1.54, 1.807) is 5.32 Å².